The van der Waals surface area contributed by atoms with Crippen molar-refractivity contribution in [3.63, 3.8) is 0 Å². The van der Waals surface area contributed by atoms with Crippen LogP contribution in [0.4, 0.5) is 0 Å². The first-order chi connectivity index (χ1) is 11.1. The predicted molar refractivity (Wildman–Crippen MR) is 79.2 cm³/mol. The van der Waals surface area contributed by atoms with E-state index in [9.17, 15) is 9.59 Å². The molecule has 0 unspecified atom stereocenters. The molecule has 1 aromatic rings. The normalized spacial score (nSPS) is 21.0. The summed E-state index contributed by atoms with van der Waals surface area (Å²) in [5.74, 6) is 0.185. The van der Waals surface area contributed by atoms with Crippen LogP contribution in [0.1, 0.15) is 25.7 Å². The van der Waals surface area contributed by atoms with E-state index in [2.05, 4.69) is 15.5 Å². The zero-order valence-electron chi connectivity index (χ0n) is 13.3. The van der Waals surface area contributed by atoms with E-state index in [4.69, 9.17) is 4.74 Å². The van der Waals surface area contributed by atoms with E-state index >= 15 is 0 Å². The number of hydrogen-bond acceptors (Lipinski definition) is 6. The average Bonchev–Trinajstić information content (AvgIpc) is 3.05. The van der Waals surface area contributed by atoms with Gasteiger partial charge < -0.3 is 14.5 Å². The summed E-state index contributed by atoms with van der Waals surface area (Å²) < 4.78 is 7.42. The van der Waals surface area contributed by atoms with Gasteiger partial charge in [0.1, 0.15) is 12.9 Å². The monoisotopic (exact) mass is 322 g/mol. The fraction of sp³-hybridized carbons (Fsp3) is 0.786. The molecule has 0 saturated carbocycles. The summed E-state index contributed by atoms with van der Waals surface area (Å²) in [5.41, 5.74) is -0.272. The van der Waals surface area contributed by atoms with E-state index in [0.717, 1.165) is 19.3 Å². The van der Waals surface area contributed by atoms with Crippen molar-refractivity contribution in [3.05, 3.63) is 6.33 Å². The van der Waals surface area contributed by atoms with Crippen LogP contribution in [0.3, 0.4) is 0 Å². The maximum atomic E-state index is 12.3. The van der Waals surface area contributed by atoms with Crippen molar-refractivity contribution in [2.75, 3.05) is 33.3 Å². The molecule has 23 heavy (non-hydrogen) atoms. The quantitative estimate of drug-likeness (QED) is 0.728. The van der Waals surface area contributed by atoms with Crippen LogP contribution in [-0.2, 0) is 20.9 Å². The largest absolute Gasteiger partial charge is 0.363 e. The van der Waals surface area contributed by atoms with Gasteiger partial charge in [-0.2, -0.15) is 0 Å². The Morgan fingerprint density at radius 1 is 1.39 bits per heavy atom. The minimum atomic E-state index is -0.272. The van der Waals surface area contributed by atoms with Crippen molar-refractivity contribution in [1.29, 1.82) is 0 Å². The Morgan fingerprint density at radius 3 is 2.83 bits per heavy atom. The molecule has 1 aromatic heterocycles. The van der Waals surface area contributed by atoms with E-state index in [1.165, 1.54) is 0 Å². The molecule has 0 aromatic carbocycles. The van der Waals surface area contributed by atoms with Gasteiger partial charge >= 0.3 is 0 Å². The van der Waals surface area contributed by atoms with Crippen molar-refractivity contribution in [2.45, 2.75) is 37.8 Å². The number of likely N-dealkylation sites (N-methyl/N-ethyl adjacent to an activating group) is 1. The number of amides is 2. The number of piperidine rings is 1. The summed E-state index contributed by atoms with van der Waals surface area (Å²) in [6.07, 6.45) is 4.32. The summed E-state index contributed by atoms with van der Waals surface area (Å²) >= 11 is 0. The Hall–Kier alpha value is -2.03. The topological polar surface area (TPSA) is 93.5 Å². The van der Waals surface area contributed by atoms with E-state index in [-0.39, 0.29) is 24.0 Å². The summed E-state index contributed by atoms with van der Waals surface area (Å²) in [6, 6.07) is 0. The minimum Gasteiger partial charge on any atom is -0.363 e. The summed E-state index contributed by atoms with van der Waals surface area (Å²) in [7, 11) is 1.81. The number of morpholine rings is 1. The van der Waals surface area contributed by atoms with Gasteiger partial charge in [-0.15, -0.1) is 5.10 Å². The number of nitrogens with zero attached hydrogens (tertiary/aromatic N) is 6. The van der Waals surface area contributed by atoms with Crippen molar-refractivity contribution in [3.8, 4) is 0 Å². The first-order valence-electron chi connectivity index (χ1n) is 7.94. The van der Waals surface area contributed by atoms with Crippen molar-refractivity contribution in [2.24, 2.45) is 0 Å². The fourth-order valence-electron chi connectivity index (χ4n) is 3.19. The maximum Gasteiger partial charge on any atom is 0.248 e. The van der Waals surface area contributed by atoms with Crippen LogP contribution in [-0.4, -0.2) is 80.7 Å². The molecular formula is C14H22N6O3. The molecule has 0 radical (unpaired) electrons. The van der Waals surface area contributed by atoms with Crippen LogP contribution in [0.2, 0.25) is 0 Å². The molecule has 0 atom stereocenters. The molecule has 2 amide bonds. The average molecular weight is 322 g/mol. The van der Waals surface area contributed by atoms with Crippen LogP contribution in [0.25, 0.3) is 0 Å². The molecule has 126 valence electrons. The number of carbonyl (C=O) groups excluding carboxylic acids is 2. The lowest BCUT2D eigenvalue weighted by Gasteiger charge is -2.46. The highest BCUT2D eigenvalue weighted by atomic mass is 16.5. The molecule has 3 rings (SSSR count). The number of likely N-dealkylation sites (tertiary alicyclic amines) is 1. The first-order valence-corrected chi connectivity index (χ1v) is 7.94. The molecule has 2 fully saturated rings. The second-order valence-corrected chi connectivity index (χ2v) is 6.28. The third-order valence-electron chi connectivity index (χ3n) is 4.65. The highest BCUT2D eigenvalue weighted by molar-refractivity contribution is 5.78. The number of rotatable bonds is 4. The van der Waals surface area contributed by atoms with Gasteiger partial charge in [0, 0.05) is 39.6 Å². The number of tetrazole rings is 1. The minimum absolute atomic E-state index is 0.0248. The molecule has 3 heterocycles. The summed E-state index contributed by atoms with van der Waals surface area (Å²) in [6.45, 7) is 2.79. The Morgan fingerprint density at radius 2 is 2.17 bits per heavy atom. The highest BCUT2D eigenvalue weighted by Gasteiger charge is 2.41. The SMILES string of the molecule is CN1CC2(CCN(C(=O)CCCn3cnnn3)CC2)OCC1=O. The molecule has 2 aliphatic heterocycles. The number of carbonyl (C=O) groups is 2. The number of aromatic nitrogens is 4. The van der Waals surface area contributed by atoms with E-state index in [1.54, 1.807) is 15.9 Å². The van der Waals surface area contributed by atoms with E-state index in [1.807, 2.05) is 11.9 Å². The number of hydrogen-bond donors (Lipinski definition) is 0. The lowest BCUT2D eigenvalue weighted by atomic mass is 9.89. The van der Waals surface area contributed by atoms with E-state index in [0.29, 0.717) is 32.6 Å². The predicted octanol–water partition coefficient (Wildman–Crippen LogP) is -0.697. The van der Waals surface area contributed by atoms with Crippen LogP contribution in [0.15, 0.2) is 6.33 Å². The summed E-state index contributed by atoms with van der Waals surface area (Å²) in [5, 5.41) is 10.9. The highest BCUT2D eigenvalue weighted by Crippen LogP contribution is 2.30. The van der Waals surface area contributed by atoms with E-state index < -0.39 is 0 Å². The zero-order chi connectivity index (χ0) is 16.3. The van der Waals surface area contributed by atoms with Gasteiger partial charge in [-0.05, 0) is 29.7 Å². The first kappa shape index (κ1) is 15.9. The molecule has 9 nitrogen and oxygen atoms in total. The maximum absolute atomic E-state index is 12.3. The van der Waals surface area contributed by atoms with Gasteiger partial charge in [0.15, 0.2) is 0 Å². The number of ether oxygens (including phenoxy) is 1. The Labute approximate surface area is 134 Å². The van der Waals surface area contributed by atoms with Gasteiger partial charge in [-0.1, -0.05) is 0 Å². The summed E-state index contributed by atoms with van der Waals surface area (Å²) in [4.78, 5) is 27.4. The second-order valence-electron chi connectivity index (χ2n) is 6.28. The van der Waals surface area contributed by atoms with Gasteiger partial charge in [-0.25, -0.2) is 4.68 Å². The van der Waals surface area contributed by atoms with Crippen LogP contribution >= 0.6 is 0 Å². The third-order valence-corrected chi connectivity index (χ3v) is 4.65. The molecule has 2 aliphatic rings. The molecule has 0 bridgehead atoms. The smallest absolute Gasteiger partial charge is 0.248 e. The third kappa shape index (κ3) is 3.66. The molecule has 1 spiro atoms. The van der Waals surface area contributed by atoms with Gasteiger partial charge in [-0.3, -0.25) is 9.59 Å². The van der Waals surface area contributed by atoms with Crippen molar-refractivity contribution >= 4 is 11.8 Å². The van der Waals surface area contributed by atoms with Crippen LogP contribution < -0.4 is 0 Å². The lowest BCUT2D eigenvalue weighted by Crippen LogP contribution is -2.58. The Bertz CT molecular complexity index is 553. The molecule has 2 saturated heterocycles. The Kier molecular flexibility index (Phi) is 4.56. The van der Waals surface area contributed by atoms with Crippen molar-refractivity contribution < 1.29 is 14.3 Å². The molecular weight excluding hydrogens is 300 g/mol. The zero-order valence-corrected chi connectivity index (χ0v) is 13.3. The second kappa shape index (κ2) is 6.61. The van der Waals surface area contributed by atoms with Crippen LogP contribution in [0.5, 0.6) is 0 Å². The standard InChI is InChI=1S/C14H22N6O3/c1-18-10-14(23-9-13(18)22)4-7-19(8-5-14)12(21)3-2-6-20-11-15-16-17-20/h11H,2-10H2,1H3. The van der Waals surface area contributed by atoms with Gasteiger partial charge in [0.05, 0.1) is 5.60 Å². The lowest BCUT2D eigenvalue weighted by molar-refractivity contribution is -0.170. The van der Waals surface area contributed by atoms with Gasteiger partial charge in [0.25, 0.3) is 0 Å². The molecule has 0 aliphatic carbocycles. The fourth-order valence-corrected chi connectivity index (χ4v) is 3.19. The number of aryl methyl sites for hydroxylation is 1. The molecule has 9 heteroatoms. The van der Waals surface area contributed by atoms with Gasteiger partial charge in [0.2, 0.25) is 11.8 Å². The Balaban J connectivity index is 1.43. The molecule has 0 N–H and O–H groups in total. The van der Waals surface area contributed by atoms with Crippen molar-refractivity contribution in [1.82, 2.24) is 30.0 Å². The van der Waals surface area contributed by atoms with Crippen LogP contribution in [0, 0.1) is 0 Å².